The molecule has 0 spiro atoms. The summed E-state index contributed by atoms with van der Waals surface area (Å²) in [5.41, 5.74) is 1.91. The molecule has 1 aliphatic carbocycles. The number of Topliss-reactive ketones (excluding diaryl/α,β-unsaturated/α-hetero) is 1. The number of anilines is 1. The highest BCUT2D eigenvalue weighted by Crippen LogP contribution is 2.47. The number of hydrogen-bond acceptors (Lipinski definition) is 4. The molecule has 0 unspecified atom stereocenters. The summed E-state index contributed by atoms with van der Waals surface area (Å²) in [5, 5.41) is 4.46. The maximum absolute atomic E-state index is 13.0. The van der Waals surface area contributed by atoms with Gasteiger partial charge in [0, 0.05) is 23.4 Å². The summed E-state index contributed by atoms with van der Waals surface area (Å²) in [6.45, 7) is 11.3. The van der Waals surface area contributed by atoms with Crippen molar-refractivity contribution in [3.8, 4) is 0 Å². The van der Waals surface area contributed by atoms with Crippen molar-refractivity contribution in [2.45, 2.75) is 72.3 Å². The van der Waals surface area contributed by atoms with E-state index in [1.165, 1.54) is 18.4 Å². The zero-order chi connectivity index (χ0) is 19.6. The Morgan fingerprint density at radius 1 is 1.33 bits per heavy atom. The monoisotopic (exact) mass is 432 g/mol. The third-order valence-electron chi connectivity index (χ3n) is 6.22. The van der Waals surface area contributed by atoms with E-state index < -0.39 is 0 Å². The minimum absolute atomic E-state index is 0.259. The Balaban J connectivity index is 1.69. The van der Waals surface area contributed by atoms with E-state index in [9.17, 15) is 4.79 Å². The quantitative estimate of drug-likeness (QED) is 0.685. The minimum Gasteiger partial charge on any atom is -0.352 e. The van der Waals surface area contributed by atoms with Crippen LogP contribution in [-0.2, 0) is 4.79 Å². The van der Waals surface area contributed by atoms with Crippen LogP contribution in [0, 0.1) is 10.8 Å². The average Bonchev–Trinajstić information content (AvgIpc) is 3.38. The maximum atomic E-state index is 13.0. The Labute approximate surface area is 169 Å². The van der Waals surface area contributed by atoms with Gasteiger partial charge in [-0.25, -0.2) is 9.50 Å². The van der Waals surface area contributed by atoms with Gasteiger partial charge in [0.1, 0.15) is 22.2 Å². The van der Waals surface area contributed by atoms with Crippen LogP contribution in [0.2, 0.25) is 0 Å². The van der Waals surface area contributed by atoms with E-state index in [0.29, 0.717) is 11.7 Å². The third-order valence-corrected chi connectivity index (χ3v) is 6.79. The van der Waals surface area contributed by atoms with Gasteiger partial charge >= 0.3 is 0 Å². The first-order valence-corrected chi connectivity index (χ1v) is 10.7. The maximum Gasteiger partial charge on any atom is 0.157 e. The zero-order valence-corrected chi connectivity index (χ0v) is 18.5. The molecule has 27 heavy (non-hydrogen) atoms. The smallest absolute Gasteiger partial charge is 0.157 e. The lowest BCUT2D eigenvalue weighted by atomic mass is 9.67. The summed E-state index contributed by atoms with van der Waals surface area (Å²) >= 11 is 3.66. The Hall–Kier alpha value is -1.43. The van der Waals surface area contributed by atoms with Crippen LogP contribution in [0.15, 0.2) is 17.0 Å². The lowest BCUT2D eigenvalue weighted by molar-refractivity contribution is -0.137. The van der Waals surface area contributed by atoms with Crippen LogP contribution in [0.3, 0.4) is 0 Å². The van der Waals surface area contributed by atoms with Gasteiger partial charge < -0.3 is 4.90 Å². The van der Waals surface area contributed by atoms with E-state index in [4.69, 9.17) is 4.98 Å². The summed E-state index contributed by atoms with van der Waals surface area (Å²) < 4.78 is 2.96. The largest absolute Gasteiger partial charge is 0.352 e. The number of fused-ring (bicyclic) bond motifs is 1. The highest BCUT2D eigenvalue weighted by atomic mass is 79.9. The first-order chi connectivity index (χ1) is 12.6. The number of piperidine rings is 1. The number of carbonyl (C=O) groups excluding carboxylic acids is 1. The first-order valence-electron chi connectivity index (χ1n) is 9.95. The Bertz CT molecular complexity index is 895. The molecule has 2 aliphatic rings. The fourth-order valence-corrected chi connectivity index (χ4v) is 5.33. The summed E-state index contributed by atoms with van der Waals surface area (Å²) in [5.74, 6) is 2.01. The number of hydrogen-bond donors (Lipinski definition) is 0. The van der Waals surface area contributed by atoms with E-state index in [2.05, 4.69) is 45.8 Å². The molecule has 2 aromatic rings. The number of rotatable bonds is 3. The predicted octanol–water partition coefficient (Wildman–Crippen LogP) is 4.98. The van der Waals surface area contributed by atoms with Crippen molar-refractivity contribution in [1.29, 1.82) is 0 Å². The second kappa shape index (κ2) is 6.29. The highest BCUT2D eigenvalue weighted by molar-refractivity contribution is 9.10. The highest BCUT2D eigenvalue weighted by Gasteiger charge is 2.45. The van der Waals surface area contributed by atoms with Crippen molar-refractivity contribution in [2.24, 2.45) is 10.8 Å². The lowest BCUT2D eigenvalue weighted by Crippen LogP contribution is -2.50. The van der Waals surface area contributed by atoms with Gasteiger partial charge in [0.25, 0.3) is 0 Å². The summed E-state index contributed by atoms with van der Waals surface area (Å²) in [6.07, 6.45) is 5.86. The molecular weight excluding hydrogens is 404 g/mol. The van der Waals surface area contributed by atoms with E-state index in [1.54, 1.807) is 6.33 Å². The molecule has 0 N–H and O–H groups in total. The molecule has 1 saturated heterocycles. The van der Waals surface area contributed by atoms with Crippen molar-refractivity contribution < 1.29 is 4.79 Å². The molecule has 146 valence electrons. The molecule has 2 aromatic heterocycles. The van der Waals surface area contributed by atoms with Crippen molar-refractivity contribution in [3.05, 3.63) is 22.6 Å². The van der Waals surface area contributed by atoms with Crippen LogP contribution in [0.4, 0.5) is 5.82 Å². The van der Waals surface area contributed by atoms with Crippen LogP contribution in [-0.4, -0.2) is 33.0 Å². The van der Waals surface area contributed by atoms with Crippen molar-refractivity contribution in [1.82, 2.24) is 14.6 Å². The van der Waals surface area contributed by atoms with Gasteiger partial charge in [-0.2, -0.15) is 5.10 Å². The number of nitrogens with zero attached hydrogens (tertiary/aromatic N) is 4. The fourth-order valence-electron chi connectivity index (χ4n) is 4.81. The van der Waals surface area contributed by atoms with Gasteiger partial charge in [-0.3, -0.25) is 4.79 Å². The van der Waals surface area contributed by atoms with Gasteiger partial charge in [0.05, 0.1) is 0 Å². The molecular formula is C21H29BrN4O. The van der Waals surface area contributed by atoms with Crippen molar-refractivity contribution in [2.75, 3.05) is 11.4 Å². The van der Waals surface area contributed by atoms with E-state index >= 15 is 0 Å². The van der Waals surface area contributed by atoms with E-state index in [0.717, 1.165) is 35.3 Å². The van der Waals surface area contributed by atoms with Crippen LogP contribution < -0.4 is 4.90 Å². The number of halogens is 1. The standard InChI is InChI=1S/C21H29BrN4O/c1-13-11-21(5,19(27)20(2,3)4)8-9-25(13)18-17-15(14-6-7-14)10-16(22)26(17)24-12-23-18/h10,12-14H,6-9,11H2,1-5H3/t13-,21-/m0/s1. The normalized spacial score (nSPS) is 26.6. The van der Waals surface area contributed by atoms with E-state index in [-0.39, 0.29) is 16.9 Å². The molecule has 0 amide bonds. The summed E-state index contributed by atoms with van der Waals surface area (Å²) in [4.78, 5) is 20.1. The van der Waals surface area contributed by atoms with Gasteiger partial charge in [0.15, 0.2) is 5.82 Å². The zero-order valence-electron chi connectivity index (χ0n) is 16.9. The Morgan fingerprint density at radius 3 is 2.63 bits per heavy atom. The fraction of sp³-hybridized carbons (Fsp3) is 0.667. The molecule has 2 fully saturated rings. The first kappa shape index (κ1) is 18.9. The van der Waals surface area contributed by atoms with Crippen molar-refractivity contribution >= 4 is 33.0 Å². The number of carbonyl (C=O) groups is 1. The lowest BCUT2D eigenvalue weighted by Gasteiger charge is -2.45. The SMILES string of the molecule is C[C@H]1C[C@@](C)(C(=O)C(C)(C)C)CCN1c1ncnn2c(Br)cc(C3CC3)c12. The molecule has 0 radical (unpaired) electrons. The van der Waals surface area contributed by atoms with Gasteiger partial charge in [0.2, 0.25) is 0 Å². The third kappa shape index (κ3) is 3.20. The molecule has 4 rings (SSSR count). The predicted molar refractivity (Wildman–Crippen MR) is 111 cm³/mol. The van der Waals surface area contributed by atoms with E-state index in [1.807, 2.05) is 25.3 Å². The Kier molecular flexibility index (Phi) is 4.41. The van der Waals surface area contributed by atoms with Gasteiger partial charge in [-0.1, -0.05) is 27.7 Å². The van der Waals surface area contributed by atoms with Crippen molar-refractivity contribution in [3.63, 3.8) is 0 Å². The molecule has 6 heteroatoms. The second-order valence-electron chi connectivity index (χ2n) is 9.68. The van der Waals surface area contributed by atoms with Crippen LogP contribution >= 0.6 is 15.9 Å². The molecule has 2 atom stereocenters. The molecule has 0 aromatic carbocycles. The second-order valence-corrected chi connectivity index (χ2v) is 10.5. The number of ketones is 1. The van der Waals surface area contributed by atoms with Crippen LogP contribution in [0.25, 0.3) is 5.52 Å². The molecule has 1 saturated carbocycles. The molecule has 5 nitrogen and oxygen atoms in total. The minimum atomic E-state index is -0.301. The van der Waals surface area contributed by atoms with Gasteiger partial charge in [-0.15, -0.1) is 0 Å². The Morgan fingerprint density at radius 2 is 2.04 bits per heavy atom. The molecule has 3 heterocycles. The molecule has 0 bridgehead atoms. The topological polar surface area (TPSA) is 50.5 Å². The summed E-state index contributed by atoms with van der Waals surface area (Å²) in [7, 11) is 0. The van der Waals surface area contributed by atoms with Gasteiger partial charge in [-0.05, 0) is 66.1 Å². The van der Waals surface area contributed by atoms with Crippen LogP contribution in [0.1, 0.15) is 71.8 Å². The van der Waals surface area contributed by atoms with Crippen LogP contribution in [0.5, 0.6) is 0 Å². The average molecular weight is 433 g/mol. The number of aromatic nitrogens is 3. The molecule has 1 aliphatic heterocycles. The summed E-state index contributed by atoms with van der Waals surface area (Å²) in [6, 6.07) is 2.46.